The van der Waals surface area contributed by atoms with Gasteiger partial charge in [0.25, 0.3) is 0 Å². The summed E-state index contributed by atoms with van der Waals surface area (Å²) in [6.45, 7) is 1.94. The molecule has 2 heteroatoms. The molecule has 80 valence electrons. The van der Waals surface area contributed by atoms with E-state index in [0.29, 0.717) is 0 Å². The van der Waals surface area contributed by atoms with Crippen LogP contribution in [0.15, 0.2) is 53.5 Å². The third-order valence-electron chi connectivity index (χ3n) is 2.35. The molecule has 0 bridgehead atoms. The van der Waals surface area contributed by atoms with Crippen LogP contribution in [0, 0.1) is 12.7 Å². The minimum atomic E-state index is -0.236. The number of nitrogens with zero attached hydrogens (tertiary/aromatic N) is 1. The highest BCUT2D eigenvalue weighted by atomic mass is 19.1. The van der Waals surface area contributed by atoms with E-state index in [4.69, 9.17) is 0 Å². The highest BCUT2D eigenvalue weighted by molar-refractivity contribution is 5.83. The molecule has 2 aromatic carbocycles. The zero-order chi connectivity index (χ0) is 11.4. The van der Waals surface area contributed by atoms with Gasteiger partial charge in [-0.3, -0.25) is 4.99 Å². The fourth-order valence-corrected chi connectivity index (χ4v) is 1.41. The third kappa shape index (κ3) is 2.54. The molecule has 2 rings (SSSR count). The lowest BCUT2D eigenvalue weighted by molar-refractivity contribution is 0.627. The minimum absolute atomic E-state index is 0.236. The molecule has 0 radical (unpaired) electrons. The minimum Gasteiger partial charge on any atom is -0.256 e. The average molecular weight is 213 g/mol. The van der Waals surface area contributed by atoms with Crippen LogP contribution in [0.5, 0.6) is 0 Å². The van der Waals surface area contributed by atoms with Gasteiger partial charge in [0.05, 0.1) is 5.69 Å². The molecule has 2 aromatic rings. The largest absolute Gasteiger partial charge is 0.256 e. The van der Waals surface area contributed by atoms with Crippen LogP contribution in [0.3, 0.4) is 0 Å². The molecule has 0 aliphatic heterocycles. The summed E-state index contributed by atoms with van der Waals surface area (Å²) in [6.07, 6.45) is 1.69. The predicted octanol–water partition coefficient (Wildman–Crippen LogP) is 3.88. The number of hydrogen-bond donors (Lipinski definition) is 0. The zero-order valence-corrected chi connectivity index (χ0v) is 9.02. The Morgan fingerprint density at radius 2 is 1.81 bits per heavy atom. The number of para-hydroxylation sites is 1. The lowest BCUT2D eigenvalue weighted by Crippen LogP contribution is -1.88. The molecule has 0 amide bonds. The lowest BCUT2D eigenvalue weighted by atomic mass is 10.1. The van der Waals surface area contributed by atoms with Crippen molar-refractivity contribution in [2.45, 2.75) is 6.92 Å². The Morgan fingerprint density at radius 3 is 2.56 bits per heavy atom. The van der Waals surface area contributed by atoms with E-state index in [9.17, 15) is 4.39 Å². The second kappa shape index (κ2) is 4.71. The van der Waals surface area contributed by atoms with Crippen LogP contribution in [0.4, 0.5) is 10.1 Å². The topological polar surface area (TPSA) is 12.4 Å². The van der Waals surface area contributed by atoms with Crippen LogP contribution < -0.4 is 0 Å². The summed E-state index contributed by atoms with van der Waals surface area (Å²) < 4.78 is 13.0. The van der Waals surface area contributed by atoms with Crippen molar-refractivity contribution in [3.63, 3.8) is 0 Å². The number of aryl methyl sites for hydroxylation is 1. The van der Waals surface area contributed by atoms with Gasteiger partial charge in [0, 0.05) is 6.21 Å². The number of aliphatic imine (C=N–C) groups is 1. The predicted molar refractivity (Wildman–Crippen MR) is 64.8 cm³/mol. The monoisotopic (exact) mass is 213 g/mol. The summed E-state index contributed by atoms with van der Waals surface area (Å²) in [5.41, 5.74) is 2.69. The van der Waals surface area contributed by atoms with Gasteiger partial charge in [0.2, 0.25) is 0 Å². The van der Waals surface area contributed by atoms with Gasteiger partial charge >= 0.3 is 0 Å². The van der Waals surface area contributed by atoms with E-state index in [0.717, 1.165) is 16.8 Å². The molecule has 0 heterocycles. The van der Waals surface area contributed by atoms with Gasteiger partial charge in [-0.1, -0.05) is 24.3 Å². The lowest BCUT2D eigenvalue weighted by Gasteiger charge is -1.99. The molecule has 0 fully saturated rings. The van der Waals surface area contributed by atoms with E-state index >= 15 is 0 Å². The van der Waals surface area contributed by atoms with Gasteiger partial charge in [0.1, 0.15) is 5.82 Å². The normalized spacial score (nSPS) is 10.9. The van der Waals surface area contributed by atoms with E-state index in [1.165, 1.54) is 12.1 Å². The third-order valence-corrected chi connectivity index (χ3v) is 2.35. The molecular weight excluding hydrogens is 201 g/mol. The highest BCUT2D eigenvalue weighted by Gasteiger charge is 1.96. The first-order chi connectivity index (χ1) is 7.75. The zero-order valence-electron chi connectivity index (χ0n) is 9.02. The summed E-state index contributed by atoms with van der Waals surface area (Å²) >= 11 is 0. The quantitative estimate of drug-likeness (QED) is 0.671. The van der Waals surface area contributed by atoms with Crippen molar-refractivity contribution in [2.75, 3.05) is 0 Å². The second-order valence-electron chi connectivity index (χ2n) is 3.59. The average Bonchev–Trinajstić information content (AvgIpc) is 2.32. The van der Waals surface area contributed by atoms with Crippen LogP contribution in [-0.4, -0.2) is 6.21 Å². The molecule has 1 nitrogen and oxygen atoms in total. The Kier molecular flexibility index (Phi) is 3.10. The van der Waals surface area contributed by atoms with Crippen molar-refractivity contribution in [1.82, 2.24) is 0 Å². The summed E-state index contributed by atoms with van der Waals surface area (Å²) in [7, 11) is 0. The van der Waals surface area contributed by atoms with Crippen molar-refractivity contribution in [1.29, 1.82) is 0 Å². The molecule has 0 saturated heterocycles. The van der Waals surface area contributed by atoms with Crippen LogP contribution in [0.1, 0.15) is 11.1 Å². The van der Waals surface area contributed by atoms with Crippen molar-refractivity contribution < 1.29 is 4.39 Å². The maximum atomic E-state index is 13.0. The first kappa shape index (κ1) is 10.6. The van der Waals surface area contributed by atoms with E-state index in [1.54, 1.807) is 12.3 Å². The smallest absolute Gasteiger partial charge is 0.123 e. The first-order valence-corrected chi connectivity index (χ1v) is 5.11. The maximum Gasteiger partial charge on any atom is 0.123 e. The SMILES string of the molecule is Cc1ccc(F)cc1/C=N/c1ccccc1. The molecule has 16 heavy (non-hydrogen) atoms. The molecule has 0 atom stereocenters. The van der Waals surface area contributed by atoms with Crippen LogP contribution in [0.25, 0.3) is 0 Å². The van der Waals surface area contributed by atoms with Gasteiger partial charge in [-0.15, -0.1) is 0 Å². The van der Waals surface area contributed by atoms with Crippen LogP contribution >= 0.6 is 0 Å². The molecule has 0 aromatic heterocycles. The van der Waals surface area contributed by atoms with Crippen LogP contribution in [-0.2, 0) is 0 Å². The second-order valence-corrected chi connectivity index (χ2v) is 3.59. The Balaban J connectivity index is 2.27. The number of hydrogen-bond acceptors (Lipinski definition) is 1. The number of halogens is 1. The maximum absolute atomic E-state index is 13.0. The Hall–Kier alpha value is -1.96. The first-order valence-electron chi connectivity index (χ1n) is 5.11. The number of benzene rings is 2. The molecule has 0 saturated carbocycles. The van der Waals surface area contributed by atoms with Gasteiger partial charge in [-0.2, -0.15) is 0 Å². The molecular formula is C14H12FN. The molecule has 0 unspecified atom stereocenters. The number of rotatable bonds is 2. The van der Waals surface area contributed by atoms with Crippen molar-refractivity contribution >= 4 is 11.9 Å². The van der Waals surface area contributed by atoms with Crippen molar-refractivity contribution in [3.05, 3.63) is 65.5 Å². The van der Waals surface area contributed by atoms with Crippen molar-refractivity contribution in [2.24, 2.45) is 4.99 Å². The summed E-state index contributed by atoms with van der Waals surface area (Å²) in [6, 6.07) is 14.3. The Labute approximate surface area is 94.3 Å². The Bertz CT molecular complexity index is 503. The Morgan fingerprint density at radius 1 is 1.06 bits per heavy atom. The van der Waals surface area contributed by atoms with Gasteiger partial charge in [-0.25, -0.2) is 4.39 Å². The molecule has 0 aliphatic carbocycles. The standard InChI is InChI=1S/C14H12FN/c1-11-7-8-13(15)9-12(11)10-16-14-5-3-2-4-6-14/h2-10H,1H3/b16-10+. The summed E-state index contributed by atoms with van der Waals surface area (Å²) in [5, 5.41) is 0. The van der Waals surface area contributed by atoms with E-state index < -0.39 is 0 Å². The molecule has 0 spiro atoms. The fraction of sp³-hybridized carbons (Fsp3) is 0.0714. The fourth-order valence-electron chi connectivity index (χ4n) is 1.41. The van der Waals surface area contributed by atoms with Crippen LogP contribution in [0.2, 0.25) is 0 Å². The van der Waals surface area contributed by atoms with Gasteiger partial charge < -0.3 is 0 Å². The van der Waals surface area contributed by atoms with Gasteiger partial charge in [0.15, 0.2) is 0 Å². The van der Waals surface area contributed by atoms with Gasteiger partial charge in [-0.05, 0) is 42.3 Å². The summed E-state index contributed by atoms with van der Waals surface area (Å²) in [5.74, 6) is -0.236. The highest BCUT2D eigenvalue weighted by Crippen LogP contribution is 2.12. The van der Waals surface area contributed by atoms with E-state index in [2.05, 4.69) is 4.99 Å². The van der Waals surface area contributed by atoms with E-state index in [1.807, 2.05) is 37.3 Å². The molecule has 0 N–H and O–H groups in total. The van der Waals surface area contributed by atoms with Crippen molar-refractivity contribution in [3.8, 4) is 0 Å². The van der Waals surface area contributed by atoms with E-state index in [-0.39, 0.29) is 5.82 Å². The summed E-state index contributed by atoms with van der Waals surface area (Å²) in [4.78, 5) is 4.29. The molecule has 0 aliphatic rings.